The van der Waals surface area contributed by atoms with Gasteiger partial charge in [-0.05, 0) is 24.3 Å². The molecule has 3 aromatic rings. The lowest BCUT2D eigenvalue weighted by molar-refractivity contribution is 0.0949. The minimum atomic E-state index is -0.784. The largest absolute Gasteiger partial charge is 0.346 e. The first kappa shape index (κ1) is 13.2. The molecule has 0 aliphatic carbocycles. The number of amides is 1. The lowest BCUT2D eigenvalue weighted by Crippen LogP contribution is -2.23. The number of halogens is 2. The normalized spacial score (nSPS) is 10.8. The van der Waals surface area contributed by atoms with Gasteiger partial charge in [-0.2, -0.15) is 0 Å². The molecule has 0 fully saturated rings. The highest BCUT2D eigenvalue weighted by Crippen LogP contribution is 2.09. The van der Waals surface area contributed by atoms with E-state index in [-0.39, 0.29) is 12.1 Å². The molecule has 0 aliphatic rings. The Kier molecular flexibility index (Phi) is 3.35. The van der Waals surface area contributed by atoms with Crippen molar-refractivity contribution in [2.24, 2.45) is 0 Å². The van der Waals surface area contributed by atoms with Crippen LogP contribution in [-0.4, -0.2) is 15.3 Å². The zero-order valence-corrected chi connectivity index (χ0v) is 10.9. The predicted octanol–water partition coefficient (Wildman–Crippen LogP) is 2.54. The van der Waals surface area contributed by atoms with Gasteiger partial charge in [0.25, 0.3) is 5.91 Å². The van der Waals surface area contributed by atoms with Crippen LogP contribution in [0, 0.1) is 11.6 Å². The van der Waals surface area contributed by atoms with Gasteiger partial charge in [0.15, 0.2) is 0 Å². The third-order valence-corrected chi connectivity index (χ3v) is 2.97. The van der Waals surface area contributed by atoms with Crippen LogP contribution in [0.25, 0.3) is 5.65 Å². The maximum absolute atomic E-state index is 13.1. The Hall–Kier alpha value is -2.76. The smallest absolute Gasteiger partial charge is 0.251 e. The fourth-order valence-corrected chi connectivity index (χ4v) is 2.03. The van der Waals surface area contributed by atoms with Crippen LogP contribution >= 0.6 is 0 Å². The molecule has 4 nitrogen and oxygen atoms in total. The van der Waals surface area contributed by atoms with E-state index >= 15 is 0 Å². The molecule has 3 rings (SSSR count). The Morgan fingerprint density at radius 1 is 1.19 bits per heavy atom. The van der Waals surface area contributed by atoms with E-state index in [0.29, 0.717) is 5.69 Å². The number of carbonyl (C=O) groups excluding carboxylic acids is 1. The molecule has 1 amide bonds. The summed E-state index contributed by atoms with van der Waals surface area (Å²) in [6.07, 6.45) is 3.62. The van der Waals surface area contributed by atoms with Crippen molar-refractivity contribution in [1.29, 1.82) is 0 Å². The minimum Gasteiger partial charge on any atom is -0.346 e. The van der Waals surface area contributed by atoms with Gasteiger partial charge in [0.1, 0.15) is 17.3 Å². The fourth-order valence-electron chi connectivity index (χ4n) is 2.03. The quantitative estimate of drug-likeness (QED) is 0.804. The van der Waals surface area contributed by atoms with Crippen LogP contribution in [0.4, 0.5) is 8.78 Å². The molecule has 106 valence electrons. The van der Waals surface area contributed by atoms with E-state index in [1.54, 1.807) is 6.20 Å². The Morgan fingerprint density at radius 2 is 1.95 bits per heavy atom. The molecule has 2 aromatic heterocycles. The van der Waals surface area contributed by atoms with Gasteiger partial charge in [-0.3, -0.25) is 4.79 Å². The molecule has 6 heteroatoms. The van der Waals surface area contributed by atoms with Crippen LogP contribution in [-0.2, 0) is 6.54 Å². The number of rotatable bonds is 3. The Balaban J connectivity index is 1.73. The number of pyridine rings is 1. The number of fused-ring (bicyclic) bond motifs is 1. The zero-order chi connectivity index (χ0) is 14.8. The third-order valence-electron chi connectivity index (χ3n) is 2.97. The van der Waals surface area contributed by atoms with Crippen molar-refractivity contribution in [2.75, 3.05) is 0 Å². The van der Waals surface area contributed by atoms with Gasteiger partial charge in [-0.15, -0.1) is 0 Å². The van der Waals surface area contributed by atoms with Crippen molar-refractivity contribution in [1.82, 2.24) is 14.7 Å². The summed E-state index contributed by atoms with van der Waals surface area (Å²) in [5.74, 6) is -2.12. The summed E-state index contributed by atoms with van der Waals surface area (Å²) in [6.45, 7) is 0.179. The molecule has 21 heavy (non-hydrogen) atoms. The standard InChI is InChI=1S/C15H11F2N3O/c16-11-5-10(6-12(17)7-11)15(21)18-8-13-9-20-4-2-1-3-14(20)19-13/h1-7,9H,8H2,(H,18,21). The van der Waals surface area contributed by atoms with Crippen LogP contribution in [0.2, 0.25) is 0 Å². The molecule has 2 heterocycles. The lowest BCUT2D eigenvalue weighted by atomic mass is 10.2. The highest BCUT2D eigenvalue weighted by Gasteiger charge is 2.10. The number of hydrogen-bond donors (Lipinski definition) is 1. The van der Waals surface area contributed by atoms with E-state index in [1.807, 2.05) is 28.8 Å². The van der Waals surface area contributed by atoms with Gasteiger partial charge < -0.3 is 9.72 Å². The molecule has 0 spiro atoms. The number of nitrogens with zero attached hydrogens (tertiary/aromatic N) is 2. The fraction of sp³-hybridized carbons (Fsp3) is 0.0667. The molecule has 0 bridgehead atoms. The van der Waals surface area contributed by atoms with Crippen molar-refractivity contribution in [2.45, 2.75) is 6.54 Å². The van der Waals surface area contributed by atoms with E-state index in [1.165, 1.54) is 0 Å². The zero-order valence-electron chi connectivity index (χ0n) is 10.9. The number of hydrogen-bond acceptors (Lipinski definition) is 2. The van der Waals surface area contributed by atoms with Crippen LogP contribution in [0.1, 0.15) is 16.1 Å². The van der Waals surface area contributed by atoms with Gasteiger partial charge in [-0.1, -0.05) is 6.07 Å². The first-order chi connectivity index (χ1) is 10.1. The average molecular weight is 287 g/mol. The molecule has 0 radical (unpaired) electrons. The van der Waals surface area contributed by atoms with Gasteiger partial charge in [0.2, 0.25) is 0 Å². The summed E-state index contributed by atoms with van der Waals surface area (Å²) in [7, 11) is 0. The number of nitrogens with one attached hydrogen (secondary N) is 1. The number of benzene rings is 1. The van der Waals surface area contributed by atoms with Gasteiger partial charge in [0, 0.05) is 24.0 Å². The monoisotopic (exact) mass is 287 g/mol. The minimum absolute atomic E-state index is 0.0590. The SMILES string of the molecule is O=C(NCc1cn2ccccc2n1)c1cc(F)cc(F)c1. The van der Waals surface area contributed by atoms with Crippen molar-refractivity contribution in [3.8, 4) is 0 Å². The van der Waals surface area contributed by atoms with Crippen molar-refractivity contribution in [3.63, 3.8) is 0 Å². The second-order valence-electron chi connectivity index (χ2n) is 4.54. The summed E-state index contributed by atoms with van der Waals surface area (Å²) in [6, 6.07) is 8.27. The molecule has 0 aliphatic heterocycles. The van der Waals surface area contributed by atoms with Crippen LogP contribution in [0.15, 0.2) is 48.8 Å². The summed E-state index contributed by atoms with van der Waals surface area (Å²) < 4.78 is 27.9. The Morgan fingerprint density at radius 3 is 2.67 bits per heavy atom. The topological polar surface area (TPSA) is 46.4 Å². The molecular weight excluding hydrogens is 276 g/mol. The molecule has 0 unspecified atom stereocenters. The number of aromatic nitrogens is 2. The van der Waals surface area contributed by atoms with Crippen LogP contribution in [0.3, 0.4) is 0 Å². The Labute approximate surface area is 119 Å². The third kappa shape index (κ3) is 2.89. The van der Waals surface area contributed by atoms with E-state index in [2.05, 4.69) is 10.3 Å². The van der Waals surface area contributed by atoms with E-state index in [0.717, 1.165) is 23.8 Å². The first-order valence-corrected chi connectivity index (χ1v) is 6.29. The second-order valence-corrected chi connectivity index (χ2v) is 4.54. The summed E-state index contributed by atoms with van der Waals surface area (Å²) >= 11 is 0. The molecule has 0 saturated carbocycles. The highest BCUT2D eigenvalue weighted by molar-refractivity contribution is 5.94. The van der Waals surface area contributed by atoms with Crippen molar-refractivity contribution >= 4 is 11.6 Å². The highest BCUT2D eigenvalue weighted by atomic mass is 19.1. The summed E-state index contributed by atoms with van der Waals surface area (Å²) in [5.41, 5.74) is 1.36. The maximum Gasteiger partial charge on any atom is 0.251 e. The molecule has 0 saturated heterocycles. The van der Waals surface area contributed by atoms with E-state index in [4.69, 9.17) is 0 Å². The Bertz CT molecular complexity index is 760. The van der Waals surface area contributed by atoms with E-state index in [9.17, 15) is 13.6 Å². The van der Waals surface area contributed by atoms with Gasteiger partial charge in [-0.25, -0.2) is 13.8 Å². The van der Waals surface area contributed by atoms with Crippen molar-refractivity contribution in [3.05, 3.63) is 71.7 Å². The predicted molar refractivity (Wildman–Crippen MR) is 72.7 cm³/mol. The lowest BCUT2D eigenvalue weighted by Gasteiger charge is -2.03. The van der Waals surface area contributed by atoms with E-state index < -0.39 is 17.5 Å². The second kappa shape index (κ2) is 5.32. The number of imidazole rings is 1. The average Bonchev–Trinajstić information content (AvgIpc) is 2.86. The first-order valence-electron chi connectivity index (χ1n) is 6.29. The molecule has 1 aromatic carbocycles. The van der Waals surface area contributed by atoms with Crippen molar-refractivity contribution < 1.29 is 13.6 Å². The molecular formula is C15H11F2N3O. The summed E-state index contributed by atoms with van der Waals surface area (Å²) in [5, 5.41) is 2.58. The van der Waals surface area contributed by atoms with Crippen LogP contribution < -0.4 is 5.32 Å². The maximum atomic E-state index is 13.1. The van der Waals surface area contributed by atoms with Crippen LogP contribution in [0.5, 0.6) is 0 Å². The van der Waals surface area contributed by atoms with Gasteiger partial charge >= 0.3 is 0 Å². The summed E-state index contributed by atoms with van der Waals surface area (Å²) in [4.78, 5) is 16.2. The molecule has 0 atom stereocenters. The van der Waals surface area contributed by atoms with Gasteiger partial charge in [0.05, 0.1) is 12.2 Å². The molecule has 1 N–H and O–H groups in total. The number of carbonyl (C=O) groups is 1.